The van der Waals surface area contributed by atoms with Crippen molar-refractivity contribution in [2.45, 2.75) is 71.1 Å². The van der Waals surface area contributed by atoms with Crippen LogP contribution in [0.1, 0.15) is 58.9 Å². The standard InChI is InChI=1S/C27H34BrClN2O2S/c1-16(2)22-14-5-17(3)15-23(22)33-26(32)31-24(18-6-10-20(28)11-7-18)27(4,30-25(31)34)19-8-12-21(29)13-9-19/h6,8-13,16-18,22-24H,5,7,14-15H2,1-4H3,(H,30,34)/t17-,18?,22+,23?,24+,27-/m1/s1. The summed E-state index contributed by atoms with van der Waals surface area (Å²) in [5.41, 5.74) is 0.456. The summed E-state index contributed by atoms with van der Waals surface area (Å²) in [6.45, 7) is 8.81. The van der Waals surface area contributed by atoms with Gasteiger partial charge in [-0.25, -0.2) is 9.69 Å². The lowest BCUT2D eigenvalue weighted by atomic mass is 9.75. The van der Waals surface area contributed by atoms with Crippen LogP contribution in [0.2, 0.25) is 5.02 Å². The molecule has 2 unspecified atom stereocenters. The van der Waals surface area contributed by atoms with Gasteiger partial charge < -0.3 is 10.1 Å². The van der Waals surface area contributed by atoms with Crippen LogP contribution in [0, 0.1) is 23.7 Å². The minimum Gasteiger partial charge on any atom is -0.445 e. The van der Waals surface area contributed by atoms with Crippen molar-refractivity contribution in [2.24, 2.45) is 23.7 Å². The molecule has 1 saturated heterocycles. The Labute approximate surface area is 222 Å². The van der Waals surface area contributed by atoms with Crippen molar-refractivity contribution in [3.05, 3.63) is 57.6 Å². The first-order valence-electron chi connectivity index (χ1n) is 12.2. The van der Waals surface area contributed by atoms with Crippen molar-refractivity contribution in [3.8, 4) is 0 Å². The van der Waals surface area contributed by atoms with E-state index in [1.54, 1.807) is 4.90 Å². The van der Waals surface area contributed by atoms with Gasteiger partial charge in [0, 0.05) is 15.4 Å². The lowest BCUT2D eigenvalue weighted by Gasteiger charge is -2.40. The van der Waals surface area contributed by atoms with Gasteiger partial charge in [0.15, 0.2) is 5.11 Å². The molecule has 1 aromatic rings. The Morgan fingerprint density at radius 2 is 2.00 bits per heavy atom. The molecule has 3 aliphatic rings. The Morgan fingerprint density at radius 3 is 2.62 bits per heavy atom. The van der Waals surface area contributed by atoms with Gasteiger partial charge in [-0.15, -0.1) is 0 Å². The number of amides is 1. The topological polar surface area (TPSA) is 41.6 Å². The van der Waals surface area contributed by atoms with E-state index in [2.05, 4.69) is 67.2 Å². The second-order valence-electron chi connectivity index (χ2n) is 10.6. The molecule has 1 aromatic carbocycles. The van der Waals surface area contributed by atoms with E-state index < -0.39 is 5.54 Å². The molecule has 0 spiro atoms. The number of allylic oxidation sites excluding steroid dienone is 3. The van der Waals surface area contributed by atoms with Gasteiger partial charge in [-0.2, -0.15) is 0 Å². The Kier molecular flexibility index (Phi) is 7.80. The highest BCUT2D eigenvalue weighted by atomic mass is 79.9. The number of carbonyl (C=O) groups is 1. The van der Waals surface area contributed by atoms with Crippen molar-refractivity contribution in [1.29, 1.82) is 0 Å². The largest absolute Gasteiger partial charge is 0.445 e. The van der Waals surface area contributed by atoms with Crippen LogP contribution in [0.5, 0.6) is 0 Å². The number of rotatable bonds is 4. The summed E-state index contributed by atoms with van der Waals surface area (Å²) < 4.78 is 7.32. The SMILES string of the molecule is CC(C)[C@@H]1CC[C@@H](C)CC1OC(=O)N1C(=S)N[C@](C)(c2ccc(Cl)cc2)[C@@H]1C1C=CC(Br)=CC1. The van der Waals surface area contributed by atoms with E-state index in [0.717, 1.165) is 29.3 Å². The number of hydrogen-bond acceptors (Lipinski definition) is 3. The fourth-order valence-electron chi connectivity index (χ4n) is 5.88. The van der Waals surface area contributed by atoms with Crippen LogP contribution in [-0.2, 0) is 10.3 Å². The highest BCUT2D eigenvalue weighted by molar-refractivity contribution is 9.11. The number of thiocarbonyl (C=S) groups is 1. The van der Waals surface area contributed by atoms with Crippen LogP contribution in [0.25, 0.3) is 0 Å². The number of nitrogens with one attached hydrogen (secondary N) is 1. The van der Waals surface area contributed by atoms with Crippen LogP contribution in [0.15, 0.2) is 47.0 Å². The van der Waals surface area contributed by atoms with E-state index in [4.69, 9.17) is 28.6 Å². The minimum absolute atomic E-state index is 0.0775. The predicted octanol–water partition coefficient (Wildman–Crippen LogP) is 7.57. The molecule has 34 heavy (non-hydrogen) atoms. The molecule has 7 heteroatoms. The maximum atomic E-state index is 13.8. The third kappa shape index (κ3) is 5.10. The lowest BCUT2D eigenvalue weighted by molar-refractivity contribution is -0.00869. The van der Waals surface area contributed by atoms with E-state index in [1.807, 2.05) is 24.3 Å². The number of hydrogen-bond donors (Lipinski definition) is 1. The van der Waals surface area contributed by atoms with E-state index in [1.165, 1.54) is 6.42 Å². The Bertz CT molecular complexity index is 995. The molecule has 2 fully saturated rings. The van der Waals surface area contributed by atoms with E-state index in [9.17, 15) is 4.79 Å². The predicted molar refractivity (Wildman–Crippen MR) is 146 cm³/mol. The molecule has 2 aliphatic carbocycles. The van der Waals surface area contributed by atoms with E-state index in [0.29, 0.717) is 27.9 Å². The van der Waals surface area contributed by atoms with Gasteiger partial charge in [0.1, 0.15) is 6.10 Å². The Hall–Kier alpha value is -1.37. The molecule has 4 nitrogen and oxygen atoms in total. The average Bonchev–Trinajstić information content (AvgIpc) is 3.05. The molecule has 1 saturated carbocycles. The number of carbonyl (C=O) groups excluding carboxylic acids is 1. The summed E-state index contributed by atoms with van der Waals surface area (Å²) in [6, 6.07) is 7.55. The summed E-state index contributed by atoms with van der Waals surface area (Å²) in [5, 5.41) is 4.58. The first-order valence-corrected chi connectivity index (χ1v) is 13.8. The van der Waals surface area contributed by atoms with Gasteiger partial charge in [0.05, 0.1) is 11.6 Å². The second-order valence-corrected chi connectivity index (χ2v) is 12.3. The molecule has 0 radical (unpaired) electrons. The average molecular weight is 566 g/mol. The highest BCUT2D eigenvalue weighted by Gasteiger charge is 2.54. The Balaban J connectivity index is 1.67. The van der Waals surface area contributed by atoms with Gasteiger partial charge in [-0.3, -0.25) is 0 Å². The quantitative estimate of drug-likeness (QED) is 0.382. The van der Waals surface area contributed by atoms with Crippen molar-refractivity contribution in [3.63, 3.8) is 0 Å². The summed E-state index contributed by atoms with van der Waals surface area (Å²) in [4.78, 5) is 15.5. The van der Waals surface area contributed by atoms with E-state index in [-0.39, 0.29) is 24.2 Å². The van der Waals surface area contributed by atoms with Gasteiger partial charge in [-0.05, 0) is 73.9 Å². The molecule has 1 amide bonds. The molecule has 1 N–H and O–H groups in total. The van der Waals surface area contributed by atoms with E-state index >= 15 is 0 Å². The number of nitrogens with zero attached hydrogens (tertiary/aromatic N) is 1. The van der Waals surface area contributed by atoms with Crippen molar-refractivity contribution < 1.29 is 9.53 Å². The van der Waals surface area contributed by atoms with Crippen molar-refractivity contribution in [1.82, 2.24) is 10.2 Å². The first kappa shape index (κ1) is 25.7. The summed E-state index contributed by atoms with van der Waals surface area (Å²) in [7, 11) is 0. The summed E-state index contributed by atoms with van der Waals surface area (Å²) in [6.07, 6.45) is 9.92. The van der Waals surface area contributed by atoms with Gasteiger partial charge >= 0.3 is 6.09 Å². The second kappa shape index (κ2) is 10.3. The molecule has 0 aromatic heterocycles. The van der Waals surface area contributed by atoms with Crippen LogP contribution >= 0.6 is 39.7 Å². The highest BCUT2D eigenvalue weighted by Crippen LogP contribution is 2.42. The van der Waals surface area contributed by atoms with Crippen LogP contribution in [-0.4, -0.2) is 28.3 Å². The van der Waals surface area contributed by atoms with Gasteiger partial charge in [0.2, 0.25) is 0 Å². The summed E-state index contributed by atoms with van der Waals surface area (Å²) >= 11 is 15.5. The molecular formula is C27H34BrClN2O2S. The molecule has 184 valence electrons. The molecule has 1 heterocycles. The summed E-state index contributed by atoms with van der Waals surface area (Å²) in [5.74, 6) is 1.47. The third-order valence-electron chi connectivity index (χ3n) is 7.80. The number of benzene rings is 1. The monoisotopic (exact) mass is 564 g/mol. The molecule has 0 bridgehead atoms. The smallest absolute Gasteiger partial charge is 0.416 e. The number of ether oxygens (including phenoxy) is 1. The van der Waals surface area contributed by atoms with Gasteiger partial charge in [0.25, 0.3) is 0 Å². The zero-order valence-corrected chi connectivity index (χ0v) is 23.4. The van der Waals surface area contributed by atoms with Crippen LogP contribution in [0.3, 0.4) is 0 Å². The minimum atomic E-state index is -0.579. The lowest BCUT2D eigenvalue weighted by Crippen LogP contribution is -2.51. The fourth-order valence-corrected chi connectivity index (χ4v) is 6.74. The van der Waals surface area contributed by atoms with Crippen molar-refractivity contribution in [2.75, 3.05) is 0 Å². The Morgan fingerprint density at radius 1 is 1.29 bits per heavy atom. The van der Waals surface area contributed by atoms with Crippen LogP contribution < -0.4 is 5.32 Å². The molecule has 1 aliphatic heterocycles. The van der Waals surface area contributed by atoms with Crippen LogP contribution in [0.4, 0.5) is 4.79 Å². The zero-order valence-electron chi connectivity index (χ0n) is 20.3. The van der Waals surface area contributed by atoms with Gasteiger partial charge in [-0.1, -0.05) is 85.1 Å². The molecule has 4 rings (SSSR count). The zero-order chi connectivity index (χ0) is 24.6. The maximum absolute atomic E-state index is 13.8. The maximum Gasteiger partial charge on any atom is 0.416 e. The normalized spacial score (nSPS) is 33.6. The number of halogens is 2. The fraction of sp³-hybridized carbons (Fsp3) is 0.556. The molecular weight excluding hydrogens is 532 g/mol. The third-order valence-corrected chi connectivity index (χ3v) is 8.94. The first-order chi connectivity index (χ1) is 16.1. The molecule has 6 atom stereocenters. The van der Waals surface area contributed by atoms with Crippen molar-refractivity contribution >= 4 is 51.0 Å².